The fraction of sp³-hybridized carbons (Fsp3) is 0.538. The van der Waals surface area contributed by atoms with Crippen molar-refractivity contribution in [3.05, 3.63) is 33.8 Å². The van der Waals surface area contributed by atoms with Gasteiger partial charge >= 0.3 is 13.3 Å². The van der Waals surface area contributed by atoms with Crippen LogP contribution in [-0.4, -0.2) is 42.5 Å². The fourth-order valence-electron chi connectivity index (χ4n) is 1.60. The molecule has 2 N–H and O–H groups in total. The summed E-state index contributed by atoms with van der Waals surface area (Å²) in [6.45, 7) is 1.62. The first kappa shape index (κ1) is 21.0. The Labute approximate surface area is 146 Å². The fourth-order valence-corrected chi connectivity index (χ4v) is 3.73. The molecular weight excluding hydrogens is 417 g/mol. The average molecular weight is 435 g/mol. The van der Waals surface area contributed by atoms with Crippen LogP contribution in [0.25, 0.3) is 0 Å². The van der Waals surface area contributed by atoms with Crippen molar-refractivity contribution in [2.24, 2.45) is 0 Å². The van der Waals surface area contributed by atoms with Crippen LogP contribution in [0.15, 0.2) is 22.7 Å². The zero-order valence-electron chi connectivity index (χ0n) is 12.4. The molecule has 0 radical (unpaired) electrons. The molecule has 0 saturated heterocycles. The van der Waals surface area contributed by atoms with Gasteiger partial charge in [0.15, 0.2) is 0 Å². The van der Waals surface area contributed by atoms with Crippen molar-refractivity contribution in [2.45, 2.75) is 11.4 Å². The summed E-state index contributed by atoms with van der Waals surface area (Å²) in [5.74, 6) is 1.32. The van der Waals surface area contributed by atoms with Crippen LogP contribution in [0.5, 0.6) is 0 Å². The molecule has 0 heterocycles. The van der Waals surface area contributed by atoms with Gasteiger partial charge in [0, 0.05) is 28.7 Å². The number of alkyl halides is 2. The van der Waals surface area contributed by atoms with Crippen LogP contribution in [0.1, 0.15) is 11.1 Å². The molecule has 10 heteroatoms. The highest BCUT2D eigenvalue weighted by Gasteiger charge is 2.51. The minimum absolute atomic E-state index is 0.0275. The minimum atomic E-state index is -5.57. The lowest BCUT2D eigenvalue weighted by Crippen LogP contribution is -2.14. The van der Waals surface area contributed by atoms with E-state index in [9.17, 15) is 13.3 Å². The lowest BCUT2D eigenvalue weighted by atomic mass is 10.1. The van der Waals surface area contributed by atoms with Gasteiger partial charge in [0.25, 0.3) is 0 Å². The van der Waals surface area contributed by atoms with Gasteiger partial charge in [0.05, 0.1) is 19.8 Å². The van der Waals surface area contributed by atoms with Crippen LogP contribution in [0.2, 0.25) is 0 Å². The lowest BCUT2D eigenvalue weighted by molar-refractivity contribution is 0.0557. The Morgan fingerprint density at radius 3 is 2.57 bits per heavy atom. The van der Waals surface area contributed by atoms with Crippen molar-refractivity contribution in [3.63, 3.8) is 0 Å². The molecule has 132 valence electrons. The van der Waals surface area contributed by atoms with Crippen LogP contribution in [0.3, 0.4) is 0 Å². The Morgan fingerprint density at radius 2 is 2.00 bits per heavy atom. The van der Waals surface area contributed by atoms with Gasteiger partial charge in [-0.2, -0.15) is 20.5 Å². The second kappa shape index (κ2) is 9.46. The largest absolute Gasteiger partial charge is 0.399 e. The molecule has 23 heavy (non-hydrogen) atoms. The molecule has 0 aliphatic rings. The SMILES string of the molecule is COCCOCCSCc1ccc(C(F)(F)P(=O)(O)O)c(Br)c1. The Bertz CT molecular complexity index is 555. The highest BCUT2D eigenvalue weighted by Crippen LogP contribution is 2.60. The topological polar surface area (TPSA) is 76.0 Å². The Morgan fingerprint density at radius 1 is 1.30 bits per heavy atom. The molecule has 1 aromatic carbocycles. The van der Waals surface area contributed by atoms with E-state index >= 15 is 0 Å². The molecule has 1 rings (SSSR count). The first-order valence-electron chi connectivity index (χ1n) is 6.57. The number of thioether (sulfide) groups is 1. The van der Waals surface area contributed by atoms with Crippen LogP contribution in [0.4, 0.5) is 8.78 Å². The summed E-state index contributed by atoms with van der Waals surface area (Å²) >= 11 is 4.52. The highest BCUT2D eigenvalue weighted by atomic mass is 79.9. The van der Waals surface area contributed by atoms with Gasteiger partial charge in [-0.05, 0) is 11.6 Å². The molecule has 5 nitrogen and oxygen atoms in total. The zero-order chi connectivity index (χ0) is 17.5. The van der Waals surface area contributed by atoms with Gasteiger partial charge in [-0.15, -0.1) is 0 Å². The summed E-state index contributed by atoms with van der Waals surface area (Å²) in [4.78, 5) is 17.5. The van der Waals surface area contributed by atoms with E-state index in [1.54, 1.807) is 18.9 Å². The molecule has 0 atom stereocenters. The third-order valence-electron chi connectivity index (χ3n) is 2.80. The summed E-state index contributed by atoms with van der Waals surface area (Å²) in [5, 5.41) is 0. The summed E-state index contributed by atoms with van der Waals surface area (Å²) in [6, 6.07) is 3.91. The van der Waals surface area contributed by atoms with Gasteiger partial charge in [0.2, 0.25) is 0 Å². The van der Waals surface area contributed by atoms with Gasteiger partial charge in [0.1, 0.15) is 0 Å². The quantitative estimate of drug-likeness (QED) is 0.433. The van der Waals surface area contributed by atoms with Crippen molar-refractivity contribution in [2.75, 3.05) is 32.7 Å². The first-order valence-corrected chi connectivity index (χ1v) is 10.1. The van der Waals surface area contributed by atoms with E-state index in [-0.39, 0.29) is 4.47 Å². The number of hydrogen-bond acceptors (Lipinski definition) is 4. The molecule has 0 unspecified atom stereocenters. The molecule has 0 fully saturated rings. The zero-order valence-corrected chi connectivity index (χ0v) is 15.7. The maximum Gasteiger partial charge on any atom is 0.399 e. The van der Waals surface area contributed by atoms with E-state index in [1.165, 1.54) is 12.1 Å². The second-order valence-corrected chi connectivity index (χ2v) is 8.17. The smallest absolute Gasteiger partial charge is 0.382 e. The maximum absolute atomic E-state index is 13.7. The number of ether oxygens (including phenoxy) is 2. The molecule has 0 aliphatic heterocycles. The van der Waals surface area contributed by atoms with Crippen molar-refractivity contribution < 1.29 is 32.6 Å². The predicted octanol–water partition coefficient (Wildman–Crippen LogP) is 3.57. The summed E-state index contributed by atoms with van der Waals surface area (Å²) < 4.78 is 48.4. The van der Waals surface area contributed by atoms with Crippen molar-refractivity contribution >= 4 is 35.3 Å². The third-order valence-corrected chi connectivity index (χ3v) is 5.42. The number of halogens is 3. The third kappa shape index (κ3) is 6.42. The molecule has 0 saturated carbocycles. The van der Waals surface area contributed by atoms with E-state index < -0.39 is 18.8 Å². The van der Waals surface area contributed by atoms with E-state index in [4.69, 9.17) is 19.3 Å². The van der Waals surface area contributed by atoms with Crippen LogP contribution < -0.4 is 0 Å². The Balaban J connectivity index is 2.56. The highest BCUT2D eigenvalue weighted by molar-refractivity contribution is 9.10. The van der Waals surface area contributed by atoms with Gasteiger partial charge in [-0.1, -0.05) is 28.1 Å². The van der Waals surface area contributed by atoms with Gasteiger partial charge < -0.3 is 19.3 Å². The average Bonchev–Trinajstić information content (AvgIpc) is 2.45. The number of hydrogen-bond donors (Lipinski definition) is 2. The molecular formula is C13H18BrF2O5PS. The molecule has 1 aromatic rings. The minimum Gasteiger partial charge on any atom is -0.382 e. The van der Waals surface area contributed by atoms with Crippen molar-refractivity contribution in [1.29, 1.82) is 0 Å². The van der Waals surface area contributed by atoms with E-state index in [0.29, 0.717) is 25.6 Å². The Kier molecular flexibility index (Phi) is 8.65. The molecule has 0 aliphatic carbocycles. The number of benzene rings is 1. The lowest BCUT2D eigenvalue weighted by Gasteiger charge is -2.19. The van der Waals surface area contributed by atoms with Crippen molar-refractivity contribution in [1.82, 2.24) is 0 Å². The van der Waals surface area contributed by atoms with E-state index in [1.807, 2.05) is 0 Å². The van der Waals surface area contributed by atoms with Crippen LogP contribution >= 0.6 is 35.3 Å². The molecule has 0 spiro atoms. The summed E-state index contributed by atoms with van der Waals surface area (Å²) in [6.07, 6.45) is 0. The predicted molar refractivity (Wildman–Crippen MR) is 88.9 cm³/mol. The normalized spacial score (nSPS) is 12.6. The van der Waals surface area contributed by atoms with Crippen LogP contribution in [0, 0.1) is 0 Å². The van der Waals surface area contributed by atoms with Crippen molar-refractivity contribution in [3.8, 4) is 0 Å². The maximum atomic E-state index is 13.7. The Hall–Kier alpha value is -0.0200. The van der Waals surface area contributed by atoms with E-state index in [0.717, 1.165) is 17.4 Å². The number of rotatable bonds is 10. The number of methoxy groups -OCH3 is 1. The van der Waals surface area contributed by atoms with E-state index in [2.05, 4.69) is 15.9 Å². The van der Waals surface area contributed by atoms with Gasteiger partial charge in [-0.25, -0.2) is 0 Å². The van der Waals surface area contributed by atoms with Crippen LogP contribution in [-0.2, 0) is 25.5 Å². The summed E-state index contributed by atoms with van der Waals surface area (Å²) in [5.41, 5.74) is -4.17. The second-order valence-electron chi connectivity index (χ2n) is 4.56. The first-order chi connectivity index (χ1) is 10.7. The monoisotopic (exact) mass is 434 g/mol. The standard InChI is InChI=1S/C13H18BrF2O5PS/c1-20-4-5-21-6-7-23-9-10-2-3-11(12(14)8-10)13(15,16)22(17,18)19/h2-3,8H,4-7,9H2,1H3,(H2,17,18,19). The molecule has 0 amide bonds. The molecule has 0 aromatic heterocycles. The molecule has 0 bridgehead atoms. The van der Waals surface area contributed by atoms with Gasteiger partial charge in [-0.3, -0.25) is 4.57 Å². The summed E-state index contributed by atoms with van der Waals surface area (Å²) in [7, 11) is -3.97.